The van der Waals surface area contributed by atoms with Gasteiger partial charge in [-0.1, -0.05) is 24.3 Å². The predicted molar refractivity (Wildman–Crippen MR) is 112 cm³/mol. The van der Waals surface area contributed by atoms with Crippen LogP contribution < -0.4 is 5.32 Å². The summed E-state index contributed by atoms with van der Waals surface area (Å²) in [6.07, 6.45) is 5.24. The number of rotatable bonds is 5. The molecule has 3 aromatic heterocycles. The van der Waals surface area contributed by atoms with Gasteiger partial charge in [0.15, 0.2) is 0 Å². The molecule has 7 heteroatoms. The largest absolute Gasteiger partial charge is 0.307 e. The summed E-state index contributed by atoms with van der Waals surface area (Å²) in [5.74, 6) is 0.443. The summed E-state index contributed by atoms with van der Waals surface area (Å²) in [6, 6.07) is 15.8. The van der Waals surface area contributed by atoms with Crippen LogP contribution in [0.3, 0.4) is 0 Å². The maximum Gasteiger partial charge on any atom is 0.249 e. The molecular weight excluding hydrogens is 370 g/mol. The van der Waals surface area contributed by atoms with Gasteiger partial charge < -0.3 is 5.32 Å². The van der Waals surface area contributed by atoms with Gasteiger partial charge in [0.25, 0.3) is 0 Å². The van der Waals surface area contributed by atoms with Gasteiger partial charge in [0.05, 0.1) is 16.3 Å². The Morgan fingerprint density at radius 1 is 1.14 bits per heavy atom. The second kappa shape index (κ2) is 7.66. The number of nitrogens with zero attached hydrogens (tertiary/aromatic N) is 4. The van der Waals surface area contributed by atoms with Gasteiger partial charge in [0, 0.05) is 31.0 Å². The predicted octanol–water partition coefficient (Wildman–Crippen LogP) is 4.29. The number of hydrogen-bond acceptors (Lipinski definition) is 4. The third kappa shape index (κ3) is 3.79. The van der Waals surface area contributed by atoms with E-state index in [0.29, 0.717) is 5.82 Å². The highest BCUT2D eigenvalue weighted by molar-refractivity contribution is 7.13. The molecule has 1 amide bonds. The maximum absolute atomic E-state index is 12.4. The number of aromatic nitrogens is 4. The van der Waals surface area contributed by atoms with Gasteiger partial charge in [-0.2, -0.15) is 10.2 Å². The van der Waals surface area contributed by atoms with Crippen LogP contribution in [0.25, 0.3) is 22.3 Å². The number of para-hydroxylation sites is 1. The molecule has 0 unspecified atom stereocenters. The maximum atomic E-state index is 12.4. The fourth-order valence-electron chi connectivity index (χ4n) is 2.89. The molecular formula is C21H19N5OS. The normalized spacial score (nSPS) is 11.2. The second-order valence-electron chi connectivity index (χ2n) is 6.31. The Morgan fingerprint density at radius 3 is 2.64 bits per heavy atom. The molecule has 0 aliphatic heterocycles. The van der Waals surface area contributed by atoms with E-state index in [-0.39, 0.29) is 5.91 Å². The van der Waals surface area contributed by atoms with E-state index in [0.717, 1.165) is 27.5 Å². The summed E-state index contributed by atoms with van der Waals surface area (Å²) in [5.41, 5.74) is 3.54. The molecule has 1 aromatic carbocycles. The highest BCUT2D eigenvalue weighted by atomic mass is 32.1. The number of aryl methyl sites for hydroxylation is 2. The van der Waals surface area contributed by atoms with E-state index in [1.165, 1.54) is 6.08 Å². The average molecular weight is 389 g/mol. The molecule has 6 nitrogen and oxygen atoms in total. The van der Waals surface area contributed by atoms with Crippen molar-refractivity contribution in [3.63, 3.8) is 0 Å². The SMILES string of the molecule is Cc1cc(NC(=O)C=Cc2cn(-c3ccccc3)nc2-c2cccs2)n(C)n1. The van der Waals surface area contributed by atoms with E-state index in [1.54, 1.807) is 29.1 Å². The molecule has 4 rings (SSSR count). The Bertz CT molecular complexity index is 1120. The van der Waals surface area contributed by atoms with Gasteiger partial charge in [-0.05, 0) is 36.6 Å². The van der Waals surface area contributed by atoms with Crippen LogP contribution in [0.15, 0.2) is 66.2 Å². The van der Waals surface area contributed by atoms with Crippen molar-refractivity contribution >= 4 is 29.1 Å². The number of hydrogen-bond donors (Lipinski definition) is 1. The summed E-state index contributed by atoms with van der Waals surface area (Å²) in [6.45, 7) is 1.89. The minimum atomic E-state index is -0.215. The Hall–Kier alpha value is -3.45. The lowest BCUT2D eigenvalue weighted by atomic mass is 10.2. The minimum Gasteiger partial charge on any atom is -0.307 e. The van der Waals surface area contributed by atoms with Crippen LogP contribution in [0.4, 0.5) is 5.82 Å². The molecule has 0 atom stereocenters. The fraction of sp³-hybridized carbons (Fsp3) is 0.0952. The first-order valence-corrected chi connectivity index (χ1v) is 9.67. The molecule has 0 spiro atoms. The van der Waals surface area contributed by atoms with Crippen molar-refractivity contribution in [2.24, 2.45) is 7.05 Å². The van der Waals surface area contributed by atoms with E-state index >= 15 is 0 Å². The molecule has 3 heterocycles. The van der Waals surface area contributed by atoms with Crippen molar-refractivity contribution in [1.29, 1.82) is 0 Å². The molecule has 0 aliphatic carbocycles. The van der Waals surface area contributed by atoms with Crippen LogP contribution in [0.2, 0.25) is 0 Å². The first-order valence-electron chi connectivity index (χ1n) is 8.79. The fourth-order valence-corrected chi connectivity index (χ4v) is 3.62. The molecule has 140 valence electrons. The van der Waals surface area contributed by atoms with Crippen molar-refractivity contribution in [2.45, 2.75) is 6.92 Å². The topological polar surface area (TPSA) is 64.7 Å². The lowest BCUT2D eigenvalue weighted by Gasteiger charge is -2.01. The summed E-state index contributed by atoms with van der Waals surface area (Å²) in [7, 11) is 1.80. The first-order chi connectivity index (χ1) is 13.6. The number of anilines is 1. The van der Waals surface area contributed by atoms with Crippen molar-refractivity contribution in [1.82, 2.24) is 19.6 Å². The lowest BCUT2D eigenvalue weighted by Crippen LogP contribution is -2.11. The molecule has 0 fully saturated rings. The van der Waals surface area contributed by atoms with E-state index in [4.69, 9.17) is 5.10 Å². The molecule has 0 saturated carbocycles. The van der Waals surface area contributed by atoms with Crippen molar-refractivity contribution < 1.29 is 4.79 Å². The standard InChI is InChI=1S/C21H19N5OS/c1-15-13-19(25(2)23-15)22-20(27)11-10-16-14-26(17-7-4-3-5-8-17)24-21(16)18-9-6-12-28-18/h3-14H,1-2H3,(H,22,27). The third-order valence-corrected chi connectivity index (χ3v) is 5.06. The quantitative estimate of drug-likeness (QED) is 0.518. The first kappa shape index (κ1) is 17.9. The molecule has 4 aromatic rings. The molecule has 0 bridgehead atoms. The Kier molecular flexibility index (Phi) is 4.90. The summed E-state index contributed by atoms with van der Waals surface area (Å²) < 4.78 is 3.47. The Morgan fingerprint density at radius 2 is 1.96 bits per heavy atom. The summed E-state index contributed by atoms with van der Waals surface area (Å²) in [5, 5.41) is 13.8. The lowest BCUT2D eigenvalue weighted by molar-refractivity contribution is -0.111. The third-order valence-electron chi connectivity index (χ3n) is 4.19. The number of nitrogens with one attached hydrogen (secondary N) is 1. The monoisotopic (exact) mass is 389 g/mol. The highest BCUT2D eigenvalue weighted by Gasteiger charge is 2.12. The summed E-state index contributed by atoms with van der Waals surface area (Å²) >= 11 is 1.62. The van der Waals surface area contributed by atoms with Crippen LogP contribution in [0, 0.1) is 6.92 Å². The van der Waals surface area contributed by atoms with Crippen LogP contribution >= 0.6 is 11.3 Å². The van der Waals surface area contributed by atoms with Gasteiger partial charge in [-0.25, -0.2) is 4.68 Å². The number of carbonyl (C=O) groups is 1. The second-order valence-corrected chi connectivity index (χ2v) is 7.26. The number of benzene rings is 1. The Labute approximate surface area is 166 Å². The molecule has 0 radical (unpaired) electrons. The summed E-state index contributed by atoms with van der Waals surface area (Å²) in [4.78, 5) is 13.4. The average Bonchev–Trinajstić information content (AvgIpc) is 3.41. The molecule has 1 N–H and O–H groups in total. The van der Waals surface area contributed by atoms with Crippen molar-refractivity contribution in [2.75, 3.05) is 5.32 Å². The van der Waals surface area contributed by atoms with Crippen LogP contribution in [0.1, 0.15) is 11.3 Å². The van der Waals surface area contributed by atoms with Crippen molar-refractivity contribution in [3.8, 4) is 16.3 Å². The van der Waals surface area contributed by atoms with E-state index < -0.39 is 0 Å². The molecule has 0 saturated heterocycles. The Balaban J connectivity index is 1.62. The molecule has 28 heavy (non-hydrogen) atoms. The van der Waals surface area contributed by atoms with Gasteiger partial charge in [-0.15, -0.1) is 11.3 Å². The number of carbonyl (C=O) groups excluding carboxylic acids is 1. The van der Waals surface area contributed by atoms with Gasteiger partial charge in [0.2, 0.25) is 5.91 Å². The number of thiophene rings is 1. The molecule has 0 aliphatic rings. The minimum absolute atomic E-state index is 0.215. The van der Waals surface area contributed by atoms with Crippen LogP contribution in [-0.2, 0) is 11.8 Å². The smallest absolute Gasteiger partial charge is 0.249 e. The zero-order valence-electron chi connectivity index (χ0n) is 15.5. The zero-order valence-corrected chi connectivity index (χ0v) is 16.4. The van der Waals surface area contributed by atoms with Crippen molar-refractivity contribution in [3.05, 3.63) is 77.4 Å². The van der Waals surface area contributed by atoms with Crippen LogP contribution in [-0.4, -0.2) is 25.5 Å². The highest BCUT2D eigenvalue weighted by Crippen LogP contribution is 2.28. The van der Waals surface area contributed by atoms with Gasteiger partial charge in [0.1, 0.15) is 11.5 Å². The van der Waals surface area contributed by atoms with E-state index in [2.05, 4.69) is 10.4 Å². The van der Waals surface area contributed by atoms with Crippen LogP contribution in [0.5, 0.6) is 0 Å². The van der Waals surface area contributed by atoms with Gasteiger partial charge >= 0.3 is 0 Å². The number of amides is 1. The van der Waals surface area contributed by atoms with E-state index in [1.807, 2.05) is 71.7 Å². The zero-order chi connectivity index (χ0) is 19.5. The van der Waals surface area contributed by atoms with Gasteiger partial charge in [-0.3, -0.25) is 9.48 Å². The van der Waals surface area contributed by atoms with E-state index in [9.17, 15) is 4.79 Å².